The van der Waals surface area contributed by atoms with E-state index in [0.29, 0.717) is 29.0 Å². The second-order valence-electron chi connectivity index (χ2n) is 5.58. The molecular formula is C17H19ClN4O3. The number of benzene rings is 1. The second kappa shape index (κ2) is 8.13. The first-order chi connectivity index (χ1) is 12.2. The molecule has 25 heavy (non-hydrogen) atoms. The quantitative estimate of drug-likeness (QED) is 0.821. The molecule has 2 N–H and O–H groups in total. The summed E-state index contributed by atoms with van der Waals surface area (Å²) in [7, 11) is 1.55. The van der Waals surface area contributed by atoms with E-state index in [9.17, 15) is 4.79 Å². The van der Waals surface area contributed by atoms with Crippen molar-refractivity contribution in [1.82, 2.24) is 15.3 Å². The molecule has 0 radical (unpaired) electrons. The summed E-state index contributed by atoms with van der Waals surface area (Å²) in [5.74, 6) is 0.634. The van der Waals surface area contributed by atoms with Gasteiger partial charge in [-0.3, -0.25) is 4.79 Å². The van der Waals surface area contributed by atoms with Crippen LogP contribution in [0.1, 0.15) is 23.3 Å². The highest BCUT2D eigenvalue weighted by atomic mass is 35.5. The molecule has 1 aliphatic heterocycles. The number of hydrogen-bond donors (Lipinski definition) is 2. The van der Waals surface area contributed by atoms with E-state index in [1.54, 1.807) is 31.4 Å². The van der Waals surface area contributed by atoms with Gasteiger partial charge in [-0.1, -0.05) is 11.6 Å². The molecule has 8 heteroatoms. The van der Waals surface area contributed by atoms with Crippen molar-refractivity contribution >= 4 is 29.1 Å². The van der Waals surface area contributed by atoms with E-state index >= 15 is 0 Å². The molecule has 3 rings (SSSR count). The molecule has 2 aromatic rings. The van der Waals surface area contributed by atoms with Crippen molar-refractivity contribution in [1.29, 1.82) is 0 Å². The Labute approximate surface area is 150 Å². The maximum absolute atomic E-state index is 12.2. The lowest BCUT2D eigenvalue weighted by Gasteiger charge is -2.11. The van der Waals surface area contributed by atoms with Crippen molar-refractivity contribution in [2.24, 2.45) is 0 Å². The Balaban J connectivity index is 1.64. The number of hydrogen-bond acceptors (Lipinski definition) is 6. The van der Waals surface area contributed by atoms with E-state index in [4.69, 9.17) is 21.1 Å². The van der Waals surface area contributed by atoms with Gasteiger partial charge < -0.3 is 20.1 Å². The number of carbonyl (C=O) groups is 1. The monoisotopic (exact) mass is 362 g/mol. The smallest absolute Gasteiger partial charge is 0.270 e. The van der Waals surface area contributed by atoms with Gasteiger partial charge in [0.2, 0.25) is 5.95 Å². The number of nitrogens with zero attached hydrogens (tertiary/aromatic N) is 2. The van der Waals surface area contributed by atoms with Gasteiger partial charge in [0.1, 0.15) is 11.4 Å². The molecule has 1 unspecified atom stereocenters. The van der Waals surface area contributed by atoms with E-state index in [0.717, 1.165) is 19.4 Å². The molecule has 0 saturated carbocycles. The van der Waals surface area contributed by atoms with Crippen molar-refractivity contribution in [3.8, 4) is 5.75 Å². The van der Waals surface area contributed by atoms with Crippen molar-refractivity contribution in [3.63, 3.8) is 0 Å². The number of rotatable bonds is 6. The van der Waals surface area contributed by atoms with Gasteiger partial charge in [-0.25, -0.2) is 9.97 Å². The van der Waals surface area contributed by atoms with Crippen LogP contribution < -0.4 is 15.4 Å². The van der Waals surface area contributed by atoms with E-state index in [1.807, 2.05) is 0 Å². The van der Waals surface area contributed by atoms with Gasteiger partial charge in [0.05, 0.1) is 18.2 Å². The van der Waals surface area contributed by atoms with E-state index in [2.05, 4.69) is 20.6 Å². The number of anilines is 2. The minimum Gasteiger partial charge on any atom is -0.495 e. The van der Waals surface area contributed by atoms with Gasteiger partial charge in [0.15, 0.2) is 0 Å². The zero-order valence-electron chi connectivity index (χ0n) is 13.8. The van der Waals surface area contributed by atoms with E-state index in [1.165, 1.54) is 6.20 Å². The highest BCUT2D eigenvalue weighted by molar-refractivity contribution is 6.32. The zero-order chi connectivity index (χ0) is 17.6. The summed E-state index contributed by atoms with van der Waals surface area (Å²) in [6, 6.07) is 6.80. The largest absolute Gasteiger partial charge is 0.495 e. The number of aromatic nitrogens is 2. The first-order valence-corrected chi connectivity index (χ1v) is 8.37. The summed E-state index contributed by atoms with van der Waals surface area (Å²) in [5.41, 5.74) is 0.984. The Morgan fingerprint density at radius 1 is 1.44 bits per heavy atom. The number of carbonyl (C=O) groups excluding carboxylic acids is 1. The van der Waals surface area contributed by atoms with Crippen LogP contribution in [-0.2, 0) is 4.74 Å². The Bertz CT molecular complexity index is 750. The van der Waals surface area contributed by atoms with Crippen LogP contribution in [0, 0.1) is 0 Å². The fourth-order valence-electron chi connectivity index (χ4n) is 2.52. The molecule has 1 saturated heterocycles. The van der Waals surface area contributed by atoms with Gasteiger partial charge in [0.25, 0.3) is 5.91 Å². The van der Waals surface area contributed by atoms with Gasteiger partial charge in [-0.05, 0) is 37.1 Å². The van der Waals surface area contributed by atoms with Gasteiger partial charge >= 0.3 is 0 Å². The zero-order valence-corrected chi connectivity index (χ0v) is 14.5. The van der Waals surface area contributed by atoms with Crippen LogP contribution in [0.5, 0.6) is 5.75 Å². The van der Waals surface area contributed by atoms with Crippen LogP contribution in [-0.4, -0.2) is 42.2 Å². The molecule has 7 nitrogen and oxygen atoms in total. The molecule has 1 atom stereocenters. The highest BCUT2D eigenvalue weighted by Crippen LogP contribution is 2.28. The van der Waals surface area contributed by atoms with E-state index < -0.39 is 0 Å². The third-order valence-corrected chi connectivity index (χ3v) is 4.11. The maximum Gasteiger partial charge on any atom is 0.270 e. The Morgan fingerprint density at radius 3 is 3.04 bits per heavy atom. The van der Waals surface area contributed by atoms with Gasteiger partial charge in [-0.2, -0.15) is 0 Å². The van der Waals surface area contributed by atoms with Crippen molar-refractivity contribution in [2.45, 2.75) is 18.9 Å². The SMILES string of the molecule is COc1ccc(Nc2nccc(C(=O)NCC3CCCO3)n2)cc1Cl. The number of ether oxygens (including phenoxy) is 2. The van der Waals surface area contributed by atoms with Crippen LogP contribution >= 0.6 is 11.6 Å². The molecule has 2 heterocycles. The molecule has 132 valence electrons. The summed E-state index contributed by atoms with van der Waals surface area (Å²) in [6.45, 7) is 1.24. The predicted molar refractivity (Wildman–Crippen MR) is 94.6 cm³/mol. The Hall–Kier alpha value is -2.38. The summed E-state index contributed by atoms with van der Waals surface area (Å²) in [6.07, 6.45) is 3.62. The molecule has 1 amide bonds. The van der Waals surface area contributed by atoms with Crippen LogP contribution in [0.25, 0.3) is 0 Å². The third-order valence-electron chi connectivity index (χ3n) is 3.81. The van der Waals surface area contributed by atoms with Crippen molar-refractivity contribution < 1.29 is 14.3 Å². The van der Waals surface area contributed by atoms with Gasteiger partial charge in [0, 0.05) is 25.0 Å². The lowest BCUT2D eigenvalue weighted by atomic mass is 10.2. The van der Waals surface area contributed by atoms with E-state index in [-0.39, 0.29) is 17.7 Å². The topological polar surface area (TPSA) is 85.4 Å². The minimum absolute atomic E-state index is 0.0878. The van der Waals surface area contributed by atoms with Crippen LogP contribution in [0.2, 0.25) is 5.02 Å². The number of nitrogens with one attached hydrogen (secondary N) is 2. The molecule has 1 aliphatic rings. The first-order valence-electron chi connectivity index (χ1n) is 7.99. The molecule has 0 aliphatic carbocycles. The number of methoxy groups -OCH3 is 1. The summed E-state index contributed by atoms with van der Waals surface area (Å²) in [5, 5.41) is 6.33. The molecule has 1 aromatic heterocycles. The molecule has 0 bridgehead atoms. The first kappa shape index (κ1) is 17.4. The normalized spacial score (nSPS) is 16.5. The van der Waals surface area contributed by atoms with Crippen molar-refractivity contribution in [3.05, 3.63) is 41.2 Å². The third kappa shape index (κ3) is 4.58. The highest BCUT2D eigenvalue weighted by Gasteiger charge is 2.17. The lowest BCUT2D eigenvalue weighted by Crippen LogP contribution is -2.32. The van der Waals surface area contributed by atoms with Crippen molar-refractivity contribution in [2.75, 3.05) is 25.6 Å². The standard InChI is InChI=1S/C17H19ClN4O3/c1-24-15-5-4-11(9-13(15)18)21-17-19-7-6-14(22-17)16(23)20-10-12-3-2-8-25-12/h4-7,9,12H,2-3,8,10H2,1H3,(H,20,23)(H,19,21,22). The molecule has 0 spiro atoms. The summed E-state index contributed by atoms with van der Waals surface area (Å²) < 4.78 is 10.6. The molecule has 1 fully saturated rings. The Morgan fingerprint density at radius 2 is 2.32 bits per heavy atom. The number of amides is 1. The summed E-state index contributed by atoms with van der Waals surface area (Å²) in [4.78, 5) is 20.6. The average Bonchev–Trinajstić information content (AvgIpc) is 3.14. The molecule has 1 aromatic carbocycles. The van der Waals surface area contributed by atoms with Crippen LogP contribution in [0.3, 0.4) is 0 Å². The number of halogens is 1. The predicted octanol–water partition coefficient (Wildman–Crippen LogP) is 2.79. The van der Waals surface area contributed by atoms with Crippen LogP contribution in [0.4, 0.5) is 11.6 Å². The maximum atomic E-state index is 12.2. The lowest BCUT2D eigenvalue weighted by molar-refractivity contribution is 0.0853. The second-order valence-corrected chi connectivity index (χ2v) is 5.99. The molecular weight excluding hydrogens is 344 g/mol. The minimum atomic E-state index is -0.256. The summed E-state index contributed by atoms with van der Waals surface area (Å²) >= 11 is 6.10. The average molecular weight is 363 g/mol. The van der Waals surface area contributed by atoms with Crippen LogP contribution in [0.15, 0.2) is 30.5 Å². The van der Waals surface area contributed by atoms with Gasteiger partial charge in [-0.15, -0.1) is 0 Å². The fourth-order valence-corrected chi connectivity index (χ4v) is 2.78. The Kier molecular flexibility index (Phi) is 5.67. The fraction of sp³-hybridized carbons (Fsp3) is 0.353.